The van der Waals surface area contributed by atoms with E-state index < -0.39 is 37.6 Å². The lowest BCUT2D eigenvalue weighted by Crippen LogP contribution is -2.45. The van der Waals surface area contributed by atoms with Gasteiger partial charge in [0.2, 0.25) is 5.79 Å². The number of aliphatic hydroxyl groups is 1. The monoisotopic (exact) mass is 336 g/mol. The molecular weight excluding hydrogens is 321 g/mol. The Bertz CT molecular complexity index is 592. The van der Waals surface area contributed by atoms with E-state index in [0.717, 1.165) is 0 Å². The predicted octanol–water partition coefficient (Wildman–Crippen LogP) is 0.0518. The number of nitrogens with zero attached hydrogens (tertiary/aromatic N) is 2. The number of aliphatic hydroxyl groups excluding tert-OH is 1. The van der Waals surface area contributed by atoms with E-state index in [1.165, 1.54) is 23.9 Å². The molecular formula is C10H15N3O6PS+. The number of ether oxygens (including phenoxy) is 2. The maximum absolute atomic E-state index is 11.8. The number of methoxy groups -OCH3 is 1. The number of thiol groups is 1. The van der Waals surface area contributed by atoms with Crippen molar-refractivity contribution in [3.8, 4) is 0 Å². The largest absolute Gasteiger partial charge is 0.582 e. The third kappa shape index (κ3) is 3.25. The molecule has 0 radical (unpaired) electrons. The van der Waals surface area contributed by atoms with E-state index in [0.29, 0.717) is 0 Å². The Morgan fingerprint density at radius 3 is 3.00 bits per heavy atom. The highest BCUT2D eigenvalue weighted by molar-refractivity contribution is 8.39. The summed E-state index contributed by atoms with van der Waals surface area (Å²) in [4.78, 5) is 15.4. The van der Waals surface area contributed by atoms with Crippen LogP contribution < -0.4 is 11.4 Å². The van der Waals surface area contributed by atoms with Gasteiger partial charge in [-0.3, -0.25) is 4.57 Å². The molecule has 116 valence electrons. The Kier molecular flexibility index (Phi) is 4.97. The van der Waals surface area contributed by atoms with Gasteiger partial charge in [0.05, 0.1) is 0 Å². The van der Waals surface area contributed by atoms with Crippen LogP contribution in [-0.4, -0.2) is 40.3 Å². The summed E-state index contributed by atoms with van der Waals surface area (Å²) in [6.45, 7) is -0.543. The first kappa shape index (κ1) is 16.3. The smallest absolute Gasteiger partial charge is 0.391 e. The van der Waals surface area contributed by atoms with Gasteiger partial charge < -0.3 is 20.3 Å². The number of anilines is 1. The minimum atomic E-state index is -2.23. The fourth-order valence-corrected chi connectivity index (χ4v) is 2.95. The molecule has 1 saturated heterocycles. The lowest BCUT2D eigenvalue weighted by molar-refractivity contribution is -0.265. The molecule has 0 aromatic carbocycles. The predicted molar refractivity (Wildman–Crippen MR) is 75.9 cm³/mol. The molecule has 1 fully saturated rings. The minimum Gasteiger partial charge on any atom is -0.391 e. The van der Waals surface area contributed by atoms with Crippen LogP contribution in [-0.2, 0) is 18.6 Å². The minimum absolute atomic E-state index is 0.0839. The number of aromatic nitrogens is 2. The molecule has 1 aliphatic heterocycles. The number of nitrogen functional groups attached to an aromatic ring is 1. The van der Waals surface area contributed by atoms with Gasteiger partial charge in [-0.05, 0) is 10.6 Å². The van der Waals surface area contributed by atoms with Crippen molar-refractivity contribution in [2.45, 2.75) is 24.5 Å². The first-order valence-electron chi connectivity index (χ1n) is 5.93. The molecule has 0 aliphatic carbocycles. The highest BCUT2D eigenvalue weighted by Gasteiger charge is 2.54. The van der Waals surface area contributed by atoms with Gasteiger partial charge in [-0.25, -0.2) is 4.79 Å². The van der Waals surface area contributed by atoms with Crippen LogP contribution in [0.3, 0.4) is 0 Å². The van der Waals surface area contributed by atoms with Crippen LogP contribution in [0.4, 0.5) is 5.82 Å². The van der Waals surface area contributed by atoms with E-state index >= 15 is 0 Å². The van der Waals surface area contributed by atoms with Crippen LogP contribution in [0.1, 0.15) is 12.6 Å². The van der Waals surface area contributed by atoms with Gasteiger partial charge in [0, 0.05) is 19.7 Å². The van der Waals surface area contributed by atoms with Crippen molar-refractivity contribution in [3.05, 3.63) is 22.7 Å². The van der Waals surface area contributed by atoms with Gasteiger partial charge in [-0.2, -0.15) is 4.98 Å². The number of rotatable bonds is 5. The summed E-state index contributed by atoms with van der Waals surface area (Å²) in [5, 5.41) is 9.51. The molecule has 9 nitrogen and oxygen atoms in total. The zero-order valence-corrected chi connectivity index (χ0v) is 12.9. The second kappa shape index (κ2) is 6.39. The SMILES string of the molecule is CO[C@]1(CO)O[C@@H](n2ccc(N)nc2=O)C[C@H]1O[P+](=O)S. The Hall–Kier alpha value is -1.03. The third-order valence-electron chi connectivity index (χ3n) is 3.19. The van der Waals surface area contributed by atoms with Crippen LogP contribution in [0.15, 0.2) is 17.1 Å². The molecule has 0 saturated carbocycles. The third-order valence-corrected chi connectivity index (χ3v) is 3.90. The molecule has 0 amide bonds. The summed E-state index contributed by atoms with van der Waals surface area (Å²) in [5.74, 6) is -1.44. The molecule has 21 heavy (non-hydrogen) atoms. The summed E-state index contributed by atoms with van der Waals surface area (Å²) in [6, 6.07) is 1.44. The summed E-state index contributed by atoms with van der Waals surface area (Å²) >= 11 is 3.68. The number of nitrogens with two attached hydrogens (primary N) is 1. The summed E-state index contributed by atoms with van der Waals surface area (Å²) in [5.41, 5.74) is 4.81. The highest BCUT2D eigenvalue weighted by atomic mass is 32.7. The highest BCUT2D eigenvalue weighted by Crippen LogP contribution is 2.43. The van der Waals surface area contributed by atoms with E-state index in [4.69, 9.17) is 19.7 Å². The fraction of sp³-hybridized carbons (Fsp3) is 0.600. The summed E-state index contributed by atoms with van der Waals surface area (Å²) in [6.07, 6.45) is -0.119. The van der Waals surface area contributed by atoms with Gasteiger partial charge >= 0.3 is 12.9 Å². The van der Waals surface area contributed by atoms with Crippen LogP contribution in [0, 0.1) is 0 Å². The first-order valence-corrected chi connectivity index (χ1v) is 8.26. The van der Waals surface area contributed by atoms with Crippen molar-refractivity contribution < 1.29 is 23.7 Å². The van der Waals surface area contributed by atoms with Crippen molar-refractivity contribution in [3.63, 3.8) is 0 Å². The van der Waals surface area contributed by atoms with Crippen molar-refractivity contribution in [1.82, 2.24) is 9.55 Å². The average Bonchev–Trinajstić information content (AvgIpc) is 2.77. The first-order chi connectivity index (χ1) is 9.91. The number of hydrogen-bond acceptors (Lipinski definition) is 8. The lowest BCUT2D eigenvalue weighted by atomic mass is 10.1. The molecule has 1 aliphatic rings. The molecule has 0 spiro atoms. The maximum atomic E-state index is 11.8. The zero-order chi connectivity index (χ0) is 15.6. The zero-order valence-electron chi connectivity index (χ0n) is 11.1. The van der Waals surface area contributed by atoms with Gasteiger partial charge in [-0.1, -0.05) is 0 Å². The fourth-order valence-electron chi connectivity index (χ4n) is 2.15. The van der Waals surface area contributed by atoms with Crippen LogP contribution >= 0.6 is 19.5 Å². The lowest BCUT2D eigenvalue weighted by Gasteiger charge is -2.27. The van der Waals surface area contributed by atoms with E-state index in [1.807, 2.05) is 0 Å². The second-order valence-corrected chi connectivity index (χ2v) is 6.02. The topological polar surface area (TPSA) is 126 Å². The molecule has 1 unspecified atom stereocenters. The Balaban J connectivity index is 2.32. The van der Waals surface area contributed by atoms with Crippen molar-refractivity contribution >= 4 is 25.3 Å². The van der Waals surface area contributed by atoms with Gasteiger partial charge in [0.1, 0.15) is 30.9 Å². The van der Waals surface area contributed by atoms with Crippen LogP contribution in [0.25, 0.3) is 0 Å². The van der Waals surface area contributed by atoms with Crippen LogP contribution in [0.2, 0.25) is 0 Å². The van der Waals surface area contributed by atoms with E-state index in [-0.39, 0.29) is 12.2 Å². The molecule has 2 heterocycles. The summed E-state index contributed by atoms with van der Waals surface area (Å²) in [7, 11) is -0.922. The second-order valence-electron chi connectivity index (χ2n) is 4.36. The van der Waals surface area contributed by atoms with E-state index in [2.05, 4.69) is 17.2 Å². The molecule has 4 atom stereocenters. The molecule has 1 aromatic rings. The Morgan fingerprint density at radius 2 is 2.48 bits per heavy atom. The van der Waals surface area contributed by atoms with Crippen molar-refractivity contribution in [1.29, 1.82) is 0 Å². The van der Waals surface area contributed by atoms with Crippen LogP contribution in [0.5, 0.6) is 0 Å². The quantitative estimate of drug-likeness (QED) is 0.509. The van der Waals surface area contributed by atoms with Crippen molar-refractivity contribution in [2.24, 2.45) is 0 Å². The average molecular weight is 336 g/mol. The standard InChI is InChI=1S/C10H14N3O6PS/c1-17-10(5-14)6(19-20(16)21)4-8(18-10)13-3-2-7(11)12-9(13)15/h2-3,6,8,14H,4-5H2,1H3,(H2-,11,12,15,16,21)/p+1/t6-,8-,10-/m1/s1. The molecule has 3 N–H and O–H groups in total. The Morgan fingerprint density at radius 1 is 1.76 bits per heavy atom. The molecule has 2 rings (SSSR count). The normalized spacial score (nSPS) is 29.6. The molecule has 0 bridgehead atoms. The van der Waals surface area contributed by atoms with E-state index in [9.17, 15) is 14.5 Å². The molecule has 1 aromatic heterocycles. The van der Waals surface area contributed by atoms with Gasteiger partial charge in [-0.15, -0.1) is 4.52 Å². The molecule has 11 heteroatoms. The van der Waals surface area contributed by atoms with Gasteiger partial charge in [0.25, 0.3) is 0 Å². The maximum Gasteiger partial charge on any atom is 0.582 e. The van der Waals surface area contributed by atoms with Gasteiger partial charge in [0.15, 0.2) is 6.10 Å². The van der Waals surface area contributed by atoms with Crippen molar-refractivity contribution in [2.75, 3.05) is 19.5 Å². The van der Waals surface area contributed by atoms with E-state index in [1.54, 1.807) is 0 Å². The number of hydrogen-bond donors (Lipinski definition) is 3. The Labute approximate surface area is 126 Å². The summed E-state index contributed by atoms with van der Waals surface area (Å²) < 4.78 is 28.2.